The molecule has 0 bridgehead atoms. The van der Waals surface area contributed by atoms with Gasteiger partial charge in [0.1, 0.15) is 0 Å². The van der Waals surface area contributed by atoms with E-state index in [2.05, 4.69) is 26.0 Å². The Morgan fingerprint density at radius 1 is 1.33 bits per heavy atom. The van der Waals surface area contributed by atoms with Gasteiger partial charge in [-0.3, -0.25) is 4.79 Å². The molecule has 0 radical (unpaired) electrons. The molecule has 1 amide bonds. The Balaban J connectivity index is 2.64. The fourth-order valence-electron chi connectivity index (χ4n) is 1.59. The van der Waals surface area contributed by atoms with E-state index in [1.807, 2.05) is 18.2 Å². The SMILES string of the molecule is CC(C)c1ccc(/C=C/C(=O)N(C)CCN)cc1. The molecule has 0 aliphatic heterocycles. The molecule has 98 valence electrons. The fourth-order valence-corrected chi connectivity index (χ4v) is 1.59. The second-order valence-corrected chi connectivity index (χ2v) is 4.70. The van der Waals surface area contributed by atoms with Gasteiger partial charge in [-0.1, -0.05) is 38.1 Å². The quantitative estimate of drug-likeness (QED) is 0.810. The van der Waals surface area contributed by atoms with E-state index in [0.717, 1.165) is 5.56 Å². The van der Waals surface area contributed by atoms with Crippen LogP contribution < -0.4 is 5.73 Å². The van der Waals surface area contributed by atoms with E-state index in [1.165, 1.54) is 5.56 Å². The van der Waals surface area contributed by atoms with E-state index in [9.17, 15) is 4.79 Å². The van der Waals surface area contributed by atoms with Crippen LogP contribution in [0.4, 0.5) is 0 Å². The predicted molar refractivity (Wildman–Crippen MR) is 76.3 cm³/mol. The van der Waals surface area contributed by atoms with Crippen molar-refractivity contribution in [3.05, 3.63) is 41.5 Å². The Kier molecular flexibility index (Phi) is 5.59. The van der Waals surface area contributed by atoms with Crippen LogP contribution in [0.3, 0.4) is 0 Å². The number of benzene rings is 1. The minimum absolute atomic E-state index is 0.0200. The van der Waals surface area contributed by atoms with Crippen LogP contribution in [0, 0.1) is 0 Å². The highest BCUT2D eigenvalue weighted by atomic mass is 16.2. The van der Waals surface area contributed by atoms with Crippen molar-refractivity contribution < 1.29 is 4.79 Å². The third-order valence-electron chi connectivity index (χ3n) is 2.86. The average Bonchev–Trinajstić information content (AvgIpc) is 2.36. The van der Waals surface area contributed by atoms with Crippen LogP contribution in [0.25, 0.3) is 6.08 Å². The maximum atomic E-state index is 11.7. The van der Waals surface area contributed by atoms with Gasteiger partial charge in [-0.15, -0.1) is 0 Å². The fraction of sp³-hybridized carbons (Fsp3) is 0.400. The van der Waals surface area contributed by atoms with Crippen LogP contribution in [0.2, 0.25) is 0 Å². The Morgan fingerprint density at radius 2 is 1.94 bits per heavy atom. The van der Waals surface area contributed by atoms with Gasteiger partial charge in [0, 0.05) is 26.2 Å². The first-order chi connectivity index (χ1) is 8.54. The summed E-state index contributed by atoms with van der Waals surface area (Å²) in [4.78, 5) is 13.3. The topological polar surface area (TPSA) is 46.3 Å². The smallest absolute Gasteiger partial charge is 0.246 e. The summed E-state index contributed by atoms with van der Waals surface area (Å²) in [6.07, 6.45) is 3.42. The number of hydrogen-bond donors (Lipinski definition) is 1. The van der Waals surface area contributed by atoms with Gasteiger partial charge in [0.15, 0.2) is 0 Å². The van der Waals surface area contributed by atoms with Crippen molar-refractivity contribution in [2.24, 2.45) is 5.73 Å². The van der Waals surface area contributed by atoms with Crippen molar-refractivity contribution >= 4 is 12.0 Å². The molecule has 18 heavy (non-hydrogen) atoms. The molecule has 0 spiro atoms. The van der Waals surface area contributed by atoms with Crippen molar-refractivity contribution in [3.8, 4) is 0 Å². The molecule has 0 saturated carbocycles. The van der Waals surface area contributed by atoms with Crippen molar-refractivity contribution in [2.45, 2.75) is 19.8 Å². The summed E-state index contributed by atoms with van der Waals surface area (Å²) in [6.45, 7) is 5.39. The molecule has 3 heteroatoms. The molecular formula is C15H22N2O. The van der Waals surface area contributed by atoms with E-state index in [4.69, 9.17) is 5.73 Å². The predicted octanol–water partition coefficient (Wildman–Crippen LogP) is 2.24. The van der Waals surface area contributed by atoms with Crippen LogP contribution >= 0.6 is 0 Å². The molecule has 0 aliphatic carbocycles. The first-order valence-electron chi connectivity index (χ1n) is 6.27. The first-order valence-corrected chi connectivity index (χ1v) is 6.27. The number of carbonyl (C=O) groups excluding carboxylic acids is 1. The number of carbonyl (C=O) groups is 1. The Morgan fingerprint density at radius 3 is 2.44 bits per heavy atom. The summed E-state index contributed by atoms with van der Waals surface area (Å²) in [5, 5.41) is 0. The van der Waals surface area contributed by atoms with Crippen LogP contribution in [-0.2, 0) is 4.79 Å². The third kappa shape index (κ3) is 4.34. The molecule has 0 atom stereocenters. The summed E-state index contributed by atoms with van der Waals surface area (Å²) >= 11 is 0. The van der Waals surface area contributed by atoms with Gasteiger partial charge in [-0.2, -0.15) is 0 Å². The zero-order chi connectivity index (χ0) is 13.5. The average molecular weight is 246 g/mol. The molecule has 1 rings (SSSR count). The molecule has 1 aromatic carbocycles. The molecule has 1 aromatic rings. The van der Waals surface area contributed by atoms with E-state index in [0.29, 0.717) is 19.0 Å². The van der Waals surface area contributed by atoms with Crippen molar-refractivity contribution in [2.75, 3.05) is 20.1 Å². The van der Waals surface area contributed by atoms with Crippen LogP contribution in [0.15, 0.2) is 30.3 Å². The maximum absolute atomic E-state index is 11.7. The summed E-state index contributed by atoms with van der Waals surface area (Å²) in [7, 11) is 1.75. The highest BCUT2D eigenvalue weighted by Crippen LogP contribution is 2.15. The van der Waals surface area contributed by atoms with Crippen LogP contribution in [0.1, 0.15) is 30.9 Å². The van der Waals surface area contributed by atoms with Crippen LogP contribution in [0.5, 0.6) is 0 Å². The second kappa shape index (κ2) is 6.97. The molecular weight excluding hydrogens is 224 g/mol. The molecule has 0 heterocycles. The van der Waals surface area contributed by atoms with E-state index in [1.54, 1.807) is 18.0 Å². The zero-order valence-corrected chi connectivity index (χ0v) is 11.4. The summed E-state index contributed by atoms with van der Waals surface area (Å²) in [5.41, 5.74) is 7.74. The highest BCUT2D eigenvalue weighted by Gasteiger charge is 2.02. The number of amides is 1. The van der Waals surface area contributed by atoms with Crippen molar-refractivity contribution in [3.63, 3.8) is 0 Å². The monoisotopic (exact) mass is 246 g/mol. The largest absolute Gasteiger partial charge is 0.341 e. The first kappa shape index (κ1) is 14.5. The minimum Gasteiger partial charge on any atom is -0.341 e. The Bertz CT molecular complexity index is 407. The van der Waals surface area contributed by atoms with E-state index < -0.39 is 0 Å². The van der Waals surface area contributed by atoms with Crippen molar-refractivity contribution in [1.29, 1.82) is 0 Å². The molecule has 0 saturated heterocycles. The minimum atomic E-state index is -0.0200. The summed E-state index contributed by atoms with van der Waals surface area (Å²) in [6, 6.07) is 8.25. The lowest BCUT2D eigenvalue weighted by molar-refractivity contribution is -0.124. The van der Waals surface area contributed by atoms with Gasteiger partial charge >= 0.3 is 0 Å². The summed E-state index contributed by atoms with van der Waals surface area (Å²) in [5.74, 6) is 0.508. The van der Waals surface area contributed by atoms with Gasteiger partial charge in [0.05, 0.1) is 0 Å². The molecule has 0 fully saturated rings. The van der Waals surface area contributed by atoms with Gasteiger partial charge in [-0.05, 0) is 23.1 Å². The Labute approximate surface area is 109 Å². The number of nitrogens with zero attached hydrogens (tertiary/aromatic N) is 1. The van der Waals surface area contributed by atoms with Gasteiger partial charge in [0.2, 0.25) is 5.91 Å². The van der Waals surface area contributed by atoms with Crippen molar-refractivity contribution in [1.82, 2.24) is 4.90 Å². The third-order valence-corrected chi connectivity index (χ3v) is 2.86. The van der Waals surface area contributed by atoms with Gasteiger partial charge in [-0.25, -0.2) is 0 Å². The summed E-state index contributed by atoms with van der Waals surface area (Å²) < 4.78 is 0. The lowest BCUT2D eigenvalue weighted by Crippen LogP contribution is -2.30. The lowest BCUT2D eigenvalue weighted by atomic mass is 10.0. The molecule has 2 N–H and O–H groups in total. The second-order valence-electron chi connectivity index (χ2n) is 4.70. The molecule has 3 nitrogen and oxygen atoms in total. The number of likely N-dealkylation sites (N-methyl/N-ethyl adjacent to an activating group) is 1. The van der Waals surface area contributed by atoms with Gasteiger partial charge in [0.25, 0.3) is 0 Å². The maximum Gasteiger partial charge on any atom is 0.246 e. The highest BCUT2D eigenvalue weighted by molar-refractivity contribution is 5.91. The molecule has 0 aliphatic rings. The number of hydrogen-bond acceptors (Lipinski definition) is 2. The number of nitrogens with two attached hydrogens (primary N) is 1. The normalized spacial score (nSPS) is 11.2. The zero-order valence-electron chi connectivity index (χ0n) is 11.4. The van der Waals surface area contributed by atoms with Crippen LogP contribution in [-0.4, -0.2) is 30.9 Å². The van der Waals surface area contributed by atoms with Gasteiger partial charge < -0.3 is 10.6 Å². The Hall–Kier alpha value is -1.61. The molecule has 0 unspecified atom stereocenters. The van der Waals surface area contributed by atoms with E-state index >= 15 is 0 Å². The number of rotatable bonds is 5. The van der Waals surface area contributed by atoms with E-state index in [-0.39, 0.29) is 5.91 Å². The molecule has 0 aromatic heterocycles. The standard InChI is InChI=1S/C15H22N2O/c1-12(2)14-7-4-13(5-8-14)6-9-15(18)17(3)11-10-16/h4-9,12H,10-11,16H2,1-3H3/b9-6+. The lowest BCUT2D eigenvalue weighted by Gasteiger charge is -2.12.